The molecule has 1 aromatic rings. The Morgan fingerprint density at radius 1 is 1.14 bits per heavy atom. The van der Waals surface area contributed by atoms with Crippen LogP contribution in [0.1, 0.15) is 54.9 Å². The Bertz CT molecular complexity index is 1380. The van der Waals surface area contributed by atoms with E-state index >= 15 is 0 Å². The second-order valence-electron chi connectivity index (χ2n) is 12.5. The average molecular weight is 583 g/mol. The van der Waals surface area contributed by atoms with Crippen molar-refractivity contribution < 1.29 is 34.8 Å². The van der Waals surface area contributed by atoms with Crippen LogP contribution < -0.4 is 10.6 Å². The third kappa shape index (κ3) is 4.49. The Kier molecular flexibility index (Phi) is 7.88. The van der Waals surface area contributed by atoms with Crippen molar-refractivity contribution in [2.45, 2.75) is 63.1 Å². The second-order valence-corrected chi connectivity index (χ2v) is 12.5. The molecule has 0 saturated carbocycles. The number of hydrogen-bond donors (Lipinski definition) is 5. The highest BCUT2D eigenvalue weighted by molar-refractivity contribution is 6.24. The van der Waals surface area contributed by atoms with Crippen LogP contribution in [0.25, 0.3) is 0 Å². The molecule has 11 nitrogen and oxygen atoms in total. The number of likely N-dealkylation sites (tertiary alicyclic amines) is 1. The molecule has 0 spiro atoms. The number of benzene rings is 1. The van der Waals surface area contributed by atoms with Gasteiger partial charge in [-0.15, -0.1) is 0 Å². The third-order valence-corrected chi connectivity index (χ3v) is 9.76. The number of nitrogens with two attached hydrogens (primary N) is 1. The number of primary amides is 1. The first-order chi connectivity index (χ1) is 19.8. The fraction of sp³-hybridized carbons (Fsp3) is 0.581. The topological polar surface area (TPSA) is 168 Å². The summed E-state index contributed by atoms with van der Waals surface area (Å²) in [6.07, 6.45) is 4.08. The van der Waals surface area contributed by atoms with Crippen molar-refractivity contribution in [1.82, 2.24) is 9.80 Å². The summed E-state index contributed by atoms with van der Waals surface area (Å²) in [5, 5.41) is 45.9. The molecule has 0 radical (unpaired) electrons. The average Bonchev–Trinajstić information content (AvgIpc) is 2.92. The van der Waals surface area contributed by atoms with Gasteiger partial charge in [-0.2, -0.15) is 0 Å². The van der Waals surface area contributed by atoms with Crippen molar-refractivity contribution in [3.63, 3.8) is 0 Å². The summed E-state index contributed by atoms with van der Waals surface area (Å²) in [5.41, 5.74) is 3.07. The first-order valence-electron chi connectivity index (χ1n) is 14.8. The highest BCUT2D eigenvalue weighted by Gasteiger charge is 2.63. The number of aliphatic hydroxyl groups is 3. The van der Waals surface area contributed by atoms with E-state index in [0.29, 0.717) is 11.3 Å². The number of anilines is 1. The number of carbonyl (C=O) groups is 3. The summed E-state index contributed by atoms with van der Waals surface area (Å²) in [4.78, 5) is 45.8. The molecule has 11 heteroatoms. The largest absolute Gasteiger partial charge is 0.510 e. The fourth-order valence-electron chi connectivity index (χ4n) is 7.58. The minimum Gasteiger partial charge on any atom is -0.510 e. The van der Waals surface area contributed by atoms with Gasteiger partial charge in [0, 0.05) is 24.1 Å². The molecule has 1 aromatic carbocycles. The molecule has 6 N–H and O–H groups in total. The van der Waals surface area contributed by atoms with Crippen molar-refractivity contribution in [3.05, 3.63) is 45.9 Å². The summed E-state index contributed by atoms with van der Waals surface area (Å²) < 4.78 is 0. The van der Waals surface area contributed by atoms with Crippen LogP contribution in [0, 0.1) is 11.8 Å². The number of phenols is 1. The second kappa shape index (κ2) is 11.0. The summed E-state index contributed by atoms with van der Waals surface area (Å²) in [6, 6.07) is 2.90. The lowest BCUT2D eigenvalue weighted by atomic mass is 9.58. The molecule has 4 atom stereocenters. The van der Waals surface area contributed by atoms with E-state index < -0.39 is 58.0 Å². The number of allylic oxidation sites excluding steroid dienone is 1. The maximum Gasteiger partial charge on any atom is 0.255 e. The van der Waals surface area contributed by atoms with Crippen LogP contribution in [0.2, 0.25) is 0 Å². The van der Waals surface area contributed by atoms with E-state index in [1.165, 1.54) is 0 Å². The number of amides is 1. The molecule has 1 heterocycles. The van der Waals surface area contributed by atoms with Crippen LogP contribution in [0.3, 0.4) is 0 Å². The standard InChI is InChI=1S/C31H42N4O7/c1-5-6-11-35(18-9-12-34(4)13-10-18)20-8-7-16-14-17-15-19-24(33(2)3)27(38)23(30(32)41)29(40)31(19,42)28(39)22(17)26(37)21(16)25(20)36/h7-8,17-19,24,36,38-39,42H,5-6,9-15H2,1-4H3,(H2,32,41)/t17-,19-,24-,31-/m1/s1. The zero-order valence-corrected chi connectivity index (χ0v) is 24.8. The SMILES string of the molecule is CCCCN(c1ccc2c(c1O)C(=O)C1=C(O)[C@@]3(O)C(=O)C(C(N)=O)=C(O)[C@H](N(C)C)[C@H]3C[C@H]1C2)C1CCN(C)CC1. The molecule has 1 aliphatic heterocycles. The predicted molar refractivity (Wildman–Crippen MR) is 156 cm³/mol. The number of piperidine rings is 1. The van der Waals surface area contributed by atoms with Crippen molar-refractivity contribution in [2.24, 2.45) is 17.6 Å². The van der Waals surface area contributed by atoms with Crippen LogP contribution in [0.5, 0.6) is 5.75 Å². The molecular weight excluding hydrogens is 540 g/mol. The van der Waals surface area contributed by atoms with Gasteiger partial charge in [0.2, 0.25) is 5.78 Å². The molecule has 42 heavy (non-hydrogen) atoms. The number of carbonyl (C=O) groups excluding carboxylic acids is 3. The Labute approximate surface area is 245 Å². The molecule has 228 valence electrons. The predicted octanol–water partition coefficient (Wildman–Crippen LogP) is 1.82. The summed E-state index contributed by atoms with van der Waals surface area (Å²) >= 11 is 0. The van der Waals surface area contributed by atoms with E-state index in [9.17, 15) is 34.8 Å². The molecule has 1 amide bonds. The van der Waals surface area contributed by atoms with E-state index in [1.54, 1.807) is 19.0 Å². The Balaban J connectivity index is 1.61. The molecule has 1 saturated heterocycles. The number of aliphatic hydroxyl groups excluding tert-OH is 2. The summed E-state index contributed by atoms with van der Waals surface area (Å²) in [5.74, 6) is -6.32. The lowest BCUT2D eigenvalue weighted by Gasteiger charge is -2.50. The van der Waals surface area contributed by atoms with E-state index in [-0.39, 0.29) is 35.8 Å². The number of aromatic hydroxyl groups is 1. The monoisotopic (exact) mass is 582 g/mol. The maximum atomic E-state index is 14.1. The number of unbranched alkanes of at least 4 members (excludes halogenated alkanes) is 1. The minimum atomic E-state index is -2.64. The Hall–Kier alpha value is -3.41. The molecule has 3 aliphatic carbocycles. The van der Waals surface area contributed by atoms with Gasteiger partial charge in [0.1, 0.15) is 22.8 Å². The molecule has 0 unspecified atom stereocenters. The summed E-state index contributed by atoms with van der Waals surface area (Å²) in [6.45, 7) is 4.68. The van der Waals surface area contributed by atoms with Crippen molar-refractivity contribution >= 4 is 23.2 Å². The number of ketones is 2. The van der Waals surface area contributed by atoms with E-state index in [0.717, 1.165) is 45.3 Å². The van der Waals surface area contributed by atoms with Gasteiger partial charge in [0.05, 0.1) is 17.3 Å². The fourth-order valence-corrected chi connectivity index (χ4v) is 7.58. The van der Waals surface area contributed by atoms with Gasteiger partial charge in [-0.3, -0.25) is 19.3 Å². The molecule has 1 fully saturated rings. The van der Waals surface area contributed by atoms with E-state index in [1.807, 2.05) is 12.1 Å². The van der Waals surface area contributed by atoms with E-state index in [2.05, 4.69) is 23.8 Å². The third-order valence-electron chi connectivity index (χ3n) is 9.76. The van der Waals surface area contributed by atoms with Gasteiger partial charge < -0.3 is 36.0 Å². The number of fused-ring (bicyclic) bond motifs is 3. The van der Waals surface area contributed by atoms with E-state index in [4.69, 9.17) is 5.73 Å². The highest BCUT2D eigenvalue weighted by atomic mass is 16.3. The van der Waals surface area contributed by atoms with Crippen LogP contribution in [-0.4, -0.2) is 106 Å². The Morgan fingerprint density at radius 2 is 1.81 bits per heavy atom. The van der Waals surface area contributed by atoms with Gasteiger partial charge in [0.25, 0.3) is 5.91 Å². The first kappa shape index (κ1) is 30.1. The highest BCUT2D eigenvalue weighted by Crippen LogP contribution is 2.53. The van der Waals surface area contributed by atoms with Gasteiger partial charge in [-0.1, -0.05) is 19.4 Å². The van der Waals surface area contributed by atoms with Gasteiger partial charge in [-0.05, 0) is 83.9 Å². The van der Waals surface area contributed by atoms with Crippen LogP contribution in [0.4, 0.5) is 5.69 Å². The van der Waals surface area contributed by atoms with Gasteiger partial charge in [-0.25, -0.2) is 0 Å². The zero-order valence-electron chi connectivity index (χ0n) is 24.8. The zero-order chi connectivity index (χ0) is 30.7. The molecule has 0 bridgehead atoms. The van der Waals surface area contributed by atoms with Crippen molar-refractivity contribution in [1.29, 1.82) is 0 Å². The van der Waals surface area contributed by atoms with Crippen molar-refractivity contribution in [3.8, 4) is 5.75 Å². The quantitative estimate of drug-likeness (QED) is 0.299. The normalized spacial score (nSPS) is 28.6. The molecule has 4 aliphatic rings. The number of Topliss-reactive ketones (excluding diaryl/α,β-unsaturated/α-hetero) is 2. The summed E-state index contributed by atoms with van der Waals surface area (Å²) in [7, 11) is 5.31. The Morgan fingerprint density at radius 3 is 2.40 bits per heavy atom. The number of nitrogens with zero attached hydrogens (tertiary/aromatic N) is 3. The number of likely N-dealkylation sites (N-methyl/N-ethyl adjacent to an activating group) is 1. The lowest BCUT2D eigenvalue weighted by Crippen LogP contribution is -2.63. The smallest absolute Gasteiger partial charge is 0.255 e. The van der Waals surface area contributed by atoms with Gasteiger partial charge in [0.15, 0.2) is 11.4 Å². The van der Waals surface area contributed by atoms with Crippen LogP contribution in [-0.2, 0) is 16.0 Å². The minimum absolute atomic E-state index is 0.0581. The number of hydrogen-bond acceptors (Lipinski definition) is 10. The molecule has 5 rings (SSSR count). The molecular formula is C31H42N4O7. The van der Waals surface area contributed by atoms with Crippen LogP contribution >= 0.6 is 0 Å². The number of rotatable bonds is 7. The van der Waals surface area contributed by atoms with Crippen molar-refractivity contribution in [2.75, 3.05) is 45.7 Å². The van der Waals surface area contributed by atoms with Gasteiger partial charge >= 0.3 is 0 Å². The lowest BCUT2D eigenvalue weighted by molar-refractivity contribution is -0.148. The number of phenolic OH excluding ortho intramolecular Hbond substituents is 1. The maximum absolute atomic E-state index is 14.1. The first-order valence-corrected chi connectivity index (χ1v) is 14.8. The van der Waals surface area contributed by atoms with Crippen LogP contribution in [0.15, 0.2) is 34.8 Å². The molecule has 0 aromatic heterocycles.